The molecule has 2 fully saturated rings. The molecule has 1 heterocycles. The molecule has 0 aromatic carbocycles. The van der Waals surface area contributed by atoms with Gasteiger partial charge in [0.2, 0.25) is 0 Å². The van der Waals surface area contributed by atoms with E-state index in [1.807, 2.05) is 11.9 Å². The van der Waals surface area contributed by atoms with Crippen LogP contribution in [-0.4, -0.2) is 31.0 Å². The van der Waals surface area contributed by atoms with Crippen LogP contribution >= 0.6 is 0 Å². The fourth-order valence-electron chi connectivity index (χ4n) is 1.70. The maximum atomic E-state index is 12.4. The van der Waals surface area contributed by atoms with Crippen molar-refractivity contribution in [3.8, 4) is 0 Å². The summed E-state index contributed by atoms with van der Waals surface area (Å²) in [6.45, 7) is 1.19. The van der Waals surface area contributed by atoms with Crippen LogP contribution < -0.4 is 0 Å². The Morgan fingerprint density at radius 3 is 2.11 bits per heavy atom. The first-order chi connectivity index (χ1) is 4.12. The van der Waals surface area contributed by atoms with E-state index in [1.54, 1.807) is 0 Å². The fourth-order valence-corrected chi connectivity index (χ4v) is 1.70. The number of alkyl halides is 2. The van der Waals surface area contributed by atoms with Crippen LogP contribution in [0.15, 0.2) is 0 Å². The first kappa shape index (κ1) is 5.59. The highest BCUT2D eigenvalue weighted by Gasteiger charge is 2.70. The Bertz CT molecular complexity index is 132. The van der Waals surface area contributed by atoms with Gasteiger partial charge in [-0.2, -0.15) is 0 Å². The largest absolute Gasteiger partial charge is 0.305 e. The Labute approximate surface area is 52.6 Å². The van der Waals surface area contributed by atoms with Crippen molar-refractivity contribution in [2.45, 2.75) is 5.92 Å². The van der Waals surface area contributed by atoms with Crippen LogP contribution in [0.25, 0.3) is 0 Å². The second-order valence-corrected chi connectivity index (χ2v) is 3.11. The average molecular weight is 133 g/mol. The van der Waals surface area contributed by atoms with Crippen LogP contribution in [0.1, 0.15) is 0 Å². The van der Waals surface area contributed by atoms with Gasteiger partial charge in [0.25, 0.3) is 5.92 Å². The van der Waals surface area contributed by atoms with Crippen LogP contribution in [-0.2, 0) is 0 Å². The number of rotatable bonds is 0. The summed E-state index contributed by atoms with van der Waals surface area (Å²) >= 11 is 0. The molecule has 0 N–H and O–H groups in total. The quantitative estimate of drug-likeness (QED) is 0.472. The summed E-state index contributed by atoms with van der Waals surface area (Å²) in [5.41, 5.74) is 0. The summed E-state index contributed by atoms with van der Waals surface area (Å²) in [5.74, 6) is -2.91. The minimum absolute atomic E-state index is 0.303. The monoisotopic (exact) mass is 133 g/mol. The minimum Gasteiger partial charge on any atom is -0.305 e. The van der Waals surface area contributed by atoms with Gasteiger partial charge in [0, 0.05) is 24.9 Å². The van der Waals surface area contributed by atoms with Crippen molar-refractivity contribution < 1.29 is 8.78 Å². The molecule has 0 spiro atoms. The SMILES string of the molecule is CN1CC2C(C1)C2(F)F. The first-order valence-corrected chi connectivity index (χ1v) is 3.18. The minimum atomic E-state index is -2.30. The van der Waals surface area contributed by atoms with Gasteiger partial charge in [0.05, 0.1) is 0 Å². The lowest BCUT2D eigenvalue weighted by Crippen LogP contribution is -2.23. The zero-order valence-corrected chi connectivity index (χ0v) is 5.27. The van der Waals surface area contributed by atoms with E-state index in [4.69, 9.17) is 0 Å². The summed E-state index contributed by atoms with van der Waals surface area (Å²) in [6.07, 6.45) is 0. The zero-order chi connectivity index (χ0) is 6.65. The van der Waals surface area contributed by atoms with E-state index in [1.165, 1.54) is 0 Å². The van der Waals surface area contributed by atoms with Crippen molar-refractivity contribution >= 4 is 0 Å². The molecule has 52 valence electrons. The van der Waals surface area contributed by atoms with Crippen LogP contribution in [0, 0.1) is 11.8 Å². The Hall–Kier alpha value is -0.180. The van der Waals surface area contributed by atoms with Gasteiger partial charge >= 0.3 is 0 Å². The standard InChI is InChI=1S/C6H9F2N/c1-9-2-4-5(3-9)6(4,7)8/h4-5H,2-3H2,1H3. The third kappa shape index (κ3) is 0.556. The molecule has 3 heteroatoms. The number of fused-ring (bicyclic) bond motifs is 1. The molecular formula is C6H9F2N. The molecular weight excluding hydrogens is 124 g/mol. The van der Waals surface area contributed by atoms with Gasteiger partial charge in [-0.1, -0.05) is 0 Å². The average Bonchev–Trinajstić information content (AvgIpc) is 2.27. The van der Waals surface area contributed by atoms with Crippen molar-refractivity contribution in [2.75, 3.05) is 20.1 Å². The van der Waals surface area contributed by atoms with E-state index in [2.05, 4.69) is 0 Å². The van der Waals surface area contributed by atoms with Crippen LogP contribution in [0.5, 0.6) is 0 Å². The summed E-state index contributed by atoms with van der Waals surface area (Å²) < 4.78 is 24.8. The molecule has 0 amide bonds. The Morgan fingerprint density at radius 1 is 1.33 bits per heavy atom. The maximum absolute atomic E-state index is 12.4. The van der Waals surface area contributed by atoms with E-state index in [-0.39, 0.29) is 11.8 Å². The summed E-state index contributed by atoms with van der Waals surface area (Å²) in [7, 11) is 1.89. The summed E-state index contributed by atoms with van der Waals surface area (Å²) in [6, 6.07) is 0. The molecule has 0 radical (unpaired) electrons. The van der Waals surface area contributed by atoms with Crippen molar-refractivity contribution in [3.63, 3.8) is 0 Å². The van der Waals surface area contributed by atoms with Crippen LogP contribution in [0.2, 0.25) is 0 Å². The van der Waals surface area contributed by atoms with E-state index >= 15 is 0 Å². The molecule has 0 aromatic heterocycles. The van der Waals surface area contributed by atoms with Gasteiger partial charge in [0.1, 0.15) is 0 Å². The smallest absolute Gasteiger partial charge is 0.257 e. The Morgan fingerprint density at radius 2 is 1.78 bits per heavy atom. The van der Waals surface area contributed by atoms with Crippen molar-refractivity contribution in [2.24, 2.45) is 11.8 Å². The van der Waals surface area contributed by atoms with Crippen molar-refractivity contribution in [3.05, 3.63) is 0 Å². The van der Waals surface area contributed by atoms with Crippen LogP contribution in [0.3, 0.4) is 0 Å². The molecule has 1 nitrogen and oxygen atoms in total. The van der Waals surface area contributed by atoms with Gasteiger partial charge in [-0.15, -0.1) is 0 Å². The molecule has 1 aliphatic heterocycles. The number of nitrogens with zero attached hydrogens (tertiary/aromatic N) is 1. The van der Waals surface area contributed by atoms with Gasteiger partial charge < -0.3 is 4.90 Å². The lowest BCUT2D eigenvalue weighted by molar-refractivity contribution is 0.0583. The molecule has 0 bridgehead atoms. The topological polar surface area (TPSA) is 3.24 Å². The lowest BCUT2D eigenvalue weighted by atomic mass is 10.4. The second-order valence-electron chi connectivity index (χ2n) is 3.11. The molecule has 1 saturated carbocycles. The molecule has 2 rings (SSSR count). The van der Waals surface area contributed by atoms with E-state index in [9.17, 15) is 8.78 Å². The normalized spacial score (nSPS) is 47.0. The third-order valence-electron chi connectivity index (χ3n) is 2.38. The van der Waals surface area contributed by atoms with E-state index < -0.39 is 5.92 Å². The summed E-state index contributed by atoms with van der Waals surface area (Å²) in [5, 5.41) is 0. The number of likely N-dealkylation sites (tertiary alicyclic amines) is 1. The number of piperidine rings is 1. The van der Waals surface area contributed by atoms with Crippen LogP contribution in [0.4, 0.5) is 8.78 Å². The predicted octanol–water partition coefficient (Wildman–Crippen LogP) is 0.813. The summed E-state index contributed by atoms with van der Waals surface area (Å²) in [4.78, 5) is 1.97. The zero-order valence-electron chi connectivity index (χ0n) is 5.27. The van der Waals surface area contributed by atoms with Gasteiger partial charge in [-0.3, -0.25) is 0 Å². The first-order valence-electron chi connectivity index (χ1n) is 3.18. The van der Waals surface area contributed by atoms with Crippen molar-refractivity contribution in [1.82, 2.24) is 4.90 Å². The molecule has 2 aliphatic rings. The number of hydrogen-bond acceptors (Lipinski definition) is 1. The molecule has 1 saturated heterocycles. The van der Waals surface area contributed by atoms with E-state index in [0.717, 1.165) is 0 Å². The maximum Gasteiger partial charge on any atom is 0.257 e. The van der Waals surface area contributed by atoms with E-state index in [0.29, 0.717) is 13.1 Å². The highest BCUT2D eigenvalue weighted by Crippen LogP contribution is 2.58. The highest BCUT2D eigenvalue weighted by atomic mass is 19.3. The lowest BCUT2D eigenvalue weighted by Gasteiger charge is -2.11. The fraction of sp³-hybridized carbons (Fsp3) is 1.00. The molecule has 9 heavy (non-hydrogen) atoms. The van der Waals surface area contributed by atoms with Gasteiger partial charge in [-0.25, -0.2) is 8.78 Å². The molecule has 1 aliphatic carbocycles. The highest BCUT2D eigenvalue weighted by molar-refractivity contribution is 5.11. The molecule has 2 unspecified atom stereocenters. The second kappa shape index (κ2) is 1.29. The number of hydrogen-bond donors (Lipinski definition) is 0. The molecule has 2 atom stereocenters. The Balaban J connectivity index is 2.06. The Kier molecular flexibility index (Phi) is 0.799. The number of halogens is 2. The predicted molar refractivity (Wildman–Crippen MR) is 29.4 cm³/mol. The van der Waals surface area contributed by atoms with Gasteiger partial charge in [0.15, 0.2) is 0 Å². The van der Waals surface area contributed by atoms with Crippen molar-refractivity contribution in [1.29, 1.82) is 0 Å². The van der Waals surface area contributed by atoms with Gasteiger partial charge in [-0.05, 0) is 7.05 Å². The molecule has 0 aromatic rings. The third-order valence-corrected chi connectivity index (χ3v) is 2.38.